The summed E-state index contributed by atoms with van der Waals surface area (Å²) in [6.45, 7) is 3.46. The smallest absolute Gasteiger partial charge is 0.356 e. The van der Waals surface area contributed by atoms with E-state index in [0.29, 0.717) is 5.69 Å². The van der Waals surface area contributed by atoms with E-state index < -0.39 is 5.97 Å². The lowest BCUT2D eigenvalue weighted by molar-refractivity contribution is -0.121. The molecule has 0 aliphatic carbocycles. The minimum atomic E-state index is -0.508. The van der Waals surface area contributed by atoms with Crippen molar-refractivity contribution in [3.05, 3.63) is 65.4 Å². The topological polar surface area (TPSA) is 74.4 Å². The van der Waals surface area contributed by atoms with E-state index in [1.54, 1.807) is 0 Å². The quantitative estimate of drug-likeness (QED) is 0.684. The highest BCUT2D eigenvalue weighted by atomic mass is 16.5. The van der Waals surface area contributed by atoms with E-state index in [9.17, 15) is 9.59 Å². The monoisotopic (exact) mass is 377 g/mol. The summed E-state index contributed by atoms with van der Waals surface area (Å²) in [4.78, 5) is 30.4. The number of para-hydroxylation sites is 1. The number of anilines is 1. The molecule has 1 aromatic heterocycles. The highest BCUT2D eigenvalue weighted by molar-refractivity contribution is 6.11. The van der Waals surface area contributed by atoms with Crippen LogP contribution in [0.25, 0.3) is 10.9 Å². The first-order valence-corrected chi connectivity index (χ1v) is 9.39. The van der Waals surface area contributed by atoms with Crippen molar-refractivity contribution in [3.8, 4) is 0 Å². The van der Waals surface area contributed by atoms with Crippen molar-refractivity contribution >= 4 is 28.5 Å². The summed E-state index contributed by atoms with van der Waals surface area (Å²) in [7, 11) is 1.33. The Kier molecular flexibility index (Phi) is 4.88. The number of aromatic nitrogens is 1. The van der Waals surface area contributed by atoms with Crippen LogP contribution in [0.1, 0.15) is 28.5 Å². The molecule has 4 rings (SSSR count). The number of H-pyrrole nitrogens is 1. The molecule has 1 unspecified atom stereocenters. The van der Waals surface area contributed by atoms with Crippen molar-refractivity contribution < 1.29 is 14.3 Å². The lowest BCUT2D eigenvalue weighted by Crippen LogP contribution is -2.44. The zero-order valence-corrected chi connectivity index (χ0v) is 16.0. The van der Waals surface area contributed by atoms with Gasteiger partial charge in [-0.2, -0.15) is 0 Å². The lowest BCUT2D eigenvalue weighted by atomic mass is 9.98. The predicted octanol–water partition coefficient (Wildman–Crippen LogP) is 3.34. The first-order chi connectivity index (χ1) is 13.6. The number of carbonyl (C=O) groups is 2. The number of benzene rings is 2. The molecule has 6 heteroatoms. The van der Waals surface area contributed by atoms with Crippen LogP contribution in [-0.2, 0) is 22.5 Å². The molecule has 6 nitrogen and oxygen atoms in total. The van der Waals surface area contributed by atoms with Crippen molar-refractivity contribution in [2.24, 2.45) is 0 Å². The molecule has 144 valence electrons. The fourth-order valence-electron chi connectivity index (χ4n) is 3.77. The molecule has 28 heavy (non-hydrogen) atoms. The van der Waals surface area contributed by atoms with Crippen LogP contribution in [0.4, 0.5) is 5.69 Å². The molecule has 0 fully saturated rings. The SMILES string of the molecule is COC(=O)c1[nH]c2ccccc2c1NC(=O)C(C)N1CCc2ccccc2C1. The normalized spacial score (nSPS) is 15.1. The fraction of sp³-hybridized carbons (Fsp3) is 0.273. The molecule has 0 saturated heterocycles. The van der Waals surface area contributed by atoms with Crippen LogP contribution in [0.2, 0.25) is 0 Å². The van der Waals surface area contributed by atoms with Crippen LogP contribution < -0.4 is 5.32 Å². The molecule has 3 aromatic rings. The van der Waals surface area contributed by atoms with Gasteiger partial charge in [-0.25, -0.2) is 4.79 Å². The standard InChI is InChI=1S/C22H23N3O3/c1-14(25-12-11-15-7-3-4-8-16(15)13-25)21(26)24-19-17-9-5-6-10-18(17)23-20(19)22(27)28-2/h3-10,14,23H,11-13H2,1-2H3,(H,24,26). The number of amides is 1. The van der Waals surface area contributed by atoms with E-state index in [2.05, 4.69) is 33.4 Å². The molecule has 0 bridgehead atoms. The van der Waals surface area contributed by atoms with E-state index in [-0.39, 0.29) is 17.6 Å². The van der Waals surface area contributed by atoms with Gasteiger partial charge < -0.3 is 15.0 Å². The highest BCUT2D eigenvalue weighted by Gasteiger charge is 2.27. The Morgan fingerprint density at radius 3 is 2.61 bits per heavy atom. The van der Waals surface area contributed by atoms with Crippen LogP contribution in [0.5, 0.6) is 0 Å². The Labute approximate surface area is 163 Å². The van der Waals surface area contributed by atoms with Crippen LogP contribution in [-0.4, -0.2) is 41.5 Å². The maximum atomic E-state index is 13.0. The lowest BCUT2D eigenvalue weighted by Gasteiger charge is -2.32. The molecular weight excluding hydrogens is 354 g/mol. The number of carbonyl (C=O) groups excluding carboxylic acids is 2. The van der Waals surface area contributed by atoms with E-state index in [1.807, 2.05) is 37.3 Å². The van der Waals surface area contributed by atoms with Gasteiger partial charge in [0.05, 0.1) is 18.8 Å². The van der Waals surface area contributed by atoms with Crippen molar-refractivity contribution in [2.45, 2.75) is 25.9 Å². The van der Waals surface area contributed by atoms with Crippen molar-refractivity contribution in [1.82, 2.24) is 9.88 Å². The fourth-order valence-corrected chi connectivity index (χ4v) is 3.77. The number of fused-ring (bicyclic) bond motifs is 2. The summed E-state index contributed by atoms with van der Waals surface area (Å²) in [6.07, 6.45) is 0.925. The first kappa shape index (κ1) is 18.3. The molecule has 2 aromatic carbocycles. The Morgan fingerprint density at radius 1 is 1.11 bits per heavy atom. The van der Waals surface area contributed by atoms with Gasteiger partial charge in [0.15, 0.2) is 0 Å². The van der Waals surface area contributed by atoms with Gasteiger partial charge in [-0.1, -0.05) is 42.5 Å². The van der Waals surface area contributed by atoms with Gasteiger partial charge in [-0.3, -0.25) is 9.69 Å². The number of hydrogen-bond donors (Lipinski definition) is 2. The second-order valence-electron chi connectivity index (χ2n) is 7.07. The van der Waals surface area contributed by atoms with Crippen molar-refractivity contribution in [3.63, 3.8) is 0 Å². The van der Waals surface area contributed by atoms with Gasteiger partial charge in [0.1, 0.15) is 5.69 Å². The minimum Gasteiger partial charge on any atom is -0.464 e. The number of nitrogens with zero attached hydrogens (tertiary/aromatic N) is 1. The third-order valence-electron chi connectivity index (χ3n) is 5.43. The molecular formula is C22H23N3O3. The summed E-state index contributed by atoms with van der Waals surface area (Å²) in [5.41, 5.74) is 4.11. The highest BCUT2D eigenvalue weighted by Crippen LogP contribution is 2.29. The van der Waals surface area contributed by atoms with Crippen molar-refractivity contribution in [2.75, 3.05) is 19.0 Å². The first-order valence-electron chi connectivity index (χ1n) is 9.39. The summed E-state index contributed by atoms with van der Waals surface area (Å²) in [5.74, 6) is -0.652. The molecule has 0 spiro atoms. The number of ether oxygens (including phenoxy) is 1. The largest absolute Gasteiger partial charge is 0.464 e. The van der Waals surface area contributed by atoms with E-state index in [0.717, 1.165) is 30.4 Å². The molecule has 2 N–H and O–H groups in total. The van der Waals surface area contributed by atoms with Gasteiger partial charge in [-0.05, 0) is 30.5 Å². The predicted molar refractivity (Wildman–Crippen MR) is 108 cm³/mol. The van der Waals surface area contributed by atoms with Crippen LogP contribution in [0.3, 0.4) is 0 Å². The second-order valence-corrected chi connectivity index (χ2v) is 7.07. The Balaban J connectivity index is 1.58. The summed E-state index contributed by atoms with van der Waals surface area (Å²) >= 11 is 0. The van der Waals surface area contributed by atoms with Gasteiger partial charge in [0, 0.05) is 24.0 Å². The molecule has 1 aliphatic heterocycles. The number of methoxy groups -OCH3 is 1. The zero-order chi connectivity index (χ0) is 19.7. The second kappa shape index (κ2) is 7.48. The third kappa shape index (κ3) is 3.27. The Hall–Kier alpha value is -3.12. The van der Waals surface area contributed by atoms with E-state index >= 15 is 0 Å². The van der Waals surface area contributed by atoms with Gasteiger partial charge in [0.2, 0.25) is 5.91 Å². The van der Waals surface area contributed by atoms with Gasteiger partial charge >= 0.3 is 5.97 Å². The zero-order valence-electron chi connectivity index (χ0n) is 16.0. The van der Waals surface area contributed by atoms with Crippen LogP contribution in [0.15, 0.2) is 48.5 Å². The molecule has 1 aliphatic rings. The molecule has 2 heterocycles. The average molecular weight is 377 g/mol. The van der Waals surface area contributed by atoms with E-state index in [4.69, 9.17) is 4.74 Å². The summed E-state index contributed by atoms with van der Waals surface area (Å²) < 4.78 is 4.87. The minimum absolute atomic E-state index is 0.144. The number of aromatic amines is 1. The molecule has 1 atom stereocenters. The number of hydrogen-bond acceptors (Lipinski definition) is 4. The van der Waals surface area contributed by atoms with Gasteiger partial charge in [0.25, 0.3) is 0 Å². The maximum absolute atomic E-state index is 13.0. The average Bonchev–Trinajstić information content (AvgIpc) is 3.10. The van der Waals surface area contributed by atoms with Gasteiger partial charge in [-0.15, -0.1) is 0 Å². The number of nitrogens with one attached hydrogen (secondary N) is 2. The Bertz CT molecular complexity index is 1040. The summed E-state index contributed by atoms with van der Waals surface area (Å²) in [5, 5.41) is 3.74. The van der Waals surface area contributed by atoms with Crippen LogP contribution in [0, 0.1) is 0 Å². The molecule has 1 amide bonds. The summed E-state index contributed by atoms with van der Waals surface area (Å²) in [6, 6.07) is 15.5. The van der Waals surface area contributed by atoms with E-state index in [1.165, 1.54) is 18.2 Å². The number of esters is 1. The third-order valence-corrected chi connectivity index (χ3v) is 5.43. The number of rotatable bonds is 4. The Morgan fingerprint density at radius 2 is 1.82 bits per heavy atom. The molecule has 0 radical (unpaired) electrons. The molecule has 0 saturated carbocycles. The van der Waals surface area contributed by atoms with Crippen molar-refractivity contribution in [1.29, 1.82) is 0 Å². The maximum Gasteiger partial charge on any atom is 0.356 e. The van der Waals surface area contributed by atoms with Crippen LogP contribution >= 0.6 is 0 Å².